The van der Waals surface area contributed by atoms with E-state index in [0.29, 0.717) is 0 Å². The van der Waals surface area contributed by atoms with E-state index in [4.69, 9.17) is 10.2 Å². The van der Waals surface area contributed by atoms with Crippen LogP contribution in [0.15, 0.2) is 0 Å². The fraction of sp³-hybridized carbons (Fsp3) is 0.909. The summed E-state index contributed by atoms with van der Waals surface area (Å²) < 4.78 is 0. The molecule has 0 aliphatic carbocycles. The third-order valence-corrected chi connectivity index (χ3v) is 4.45. The van der Waals surface area contributed by atoms with E-state index in [9.17, 15) is 9.59 Å². The second-order valence-corrected chi connectivity index (χ2v) is 7.28. The first-order valence-corrected chi connectivity index (χ1v) is 11.2. The number of rotatable bonds is 19. The van der Waals surface area contributed by atoms with Crippen LogP contribution in [-0.4, -0.2) is 35.2 Å². The molecule has 0 amide bonds. The van der Waals surface area contributed by atoms with Gasteiger partial charge in [-0.2, -0.15) is 0 Å². The van der Waals surface area contributed by atoms with Crippen LogP contribution in [0.4, 0.5) is 0 Å². The number of nitrogens with one attached hydrogen (secondary N) is 1. The second kappa shape index (κ2) is 24.9. The lowest BCUT2D eigenvalue weighted by molar-refractivity contribution is -0.138. The Morgan fingerprint density at radius 1 is 0.556 bits per heavy atom. The SMILES string of the molecule is CCCCCCNCCCCCC.O=C(O)CCCCCCCCC(=O)O. The predicted molar refractivity (Wildman–Crippen MR) is 113 cm³/mol. The minimum Gasteiger partial charge on any atom is -0.481 e. The first kappa shape index (κ1) is 28.1. The standard InChI is InChI=1S/C12H27N.C10H18O4/c1-3-5-7-9-11-13-12-10-8-6-4-2;11-9(12)7-5-3-1-2-4-6-8-10(13)14/h13H,3-12H2,1-2H3;1-8H2,(H,11,12)(H,13,14). The minimum absolute atomic E-state index is 0.245. The largest absolute Gasteiger partial charge is 0.481 e. The van der Waals surface area contributed by atoms with E-state index in [1.165, 1.54) is 64.5 Å². The van der Waals surface area contributed by atoms with Crippen molar-refractivity contribution in [3.63, 3.8) is 0 Å². The van der Waals surface area contributed by atoms with Gasteiger partial charge >= 0.3 is 11.9 Å². The van der Waals surface area contributed by atoms with Crippen molar-refractivity contribution in [1.82, 2.24) is 5.32 Å². The molecule has 0 aromatic rings. The zero-order valence-electron chi connectivity index (χ0n) is 17.9. The molecule has 0 bridgehead atoms. The number of hydrogen-bond acceptors (Lipinski definition) is 3. The van der Waals surface area contributed by atoms with Gasteiger partial charge in [-0.1, -0.05) is 78.1 Å². The fourth-order valence-corrected chi connectivity index (χ4v) is 2.74. The van der Waals surface area contributed by atoms with Crippen LogP contribution >= 0.6 is 0 Å². The number of aliphatic carboxylic acids is 2. The zero-order chi connectivity index (χ0) is 20.6. The molecule has 27 heavy (non-hydrogen) atoms. The average Bonchev–Trinajstić information content (AvgIpc) is 2.62. The van der Waals surface area contributed by atoms with Crippen molar-refractivity contribution in [2.45, 2.75) is 117 Å². The smallest absolute Gasteiger partial charge is 0.303 e. The van der Waals surface area contributed by atoms with Crippen LogP contribution in [0, 0.1) is 0 Å². The monoisotopic (exact) mass is 387 g/mol. The van der Waals surface area contributed by atoms with Crippen molar-refractivity contribution in [2.24, 2.45) is 0 Å². The summed E-state index contributed by atoms with van der Waals surface area (Å²) in [5.41, 5.74) is 0. The quantitative estimate of drug-likeness (QED) is 0.236. The van der Waals surface area contributed by atoms with Crippen LogP contribution in [0.3, 0.4) is 0 Å². The maximum atomic E-state index is 10.1. The summed E-state index contributed by atoms with van der Waals surface area (Å²) in [5.74, 6) is -1.48. The molecule has 3 N–H and O–H groups in total. The second-order valence-electron chi connectivity index (χ2n) is 7.28. The normalized spacial score (nSPS) is 10.3. The fourth-order valence-electron chi connectivity index (χ4n) is 2.74. The van der Waals surface area contributed by atoms with Crippen LogP contribution < -0.4 is 5.32 Å². The molecule has 162 valence electrons. The summed E-state index contributed by atoms with van der Waals surface area (Å²) in [5, 5.41) is 20.2. The Hall–Kier alpha value is -1.10. The van der Waals surface area contributed by atoms with Gasteiger partial charge in [0.05, 0.1) is 0 Å². The highest BCUT2D eigenvalue weighted by Crippen LogP contribution is 2.08. The van der Waals surface area contributed by atoms with E-state index in [-0.39, 0.29) is 12.8 Å². The molecule has 5 nitrogen and oxygen atoms in total. The van der Waals surface area contributed by atoms with Gasteiger partial charge in [0.15, 0.2) is 0 Å². The summed E-state index contributed by atoms with van der Waals surface area (Å²) in [7, 11) is 0. The maximum Gasteiger partial charge on any atom is 0.303 e. The first-order valence-electron chi connectivity index (χ1n) is 11.2. The number of unbranched alkanes of at least 4 members (excludes halogenated alkanes) is 11. The molecule has 0 unspecified atom stereocenters. The highest BCUT2D eigenvalue weighted by Gasteiger charge is 1.98. The molecule has 0 radical (unpaired) electrons. The van der Waals surface area contributed by atoms with Gasteiger partial charge in [-0.25, -0.2) is 0 Å². The summed E-state index contributed by atoms with van der Waals surface area (Å²) >= 11 is 0. The van der Waals surface area contributed by atoms with Crippen molar-refractivity contribution in [3.05, 3.63) is 0 Å². The van der Waals surface area contributed by atoms with Crippen LogP contribution in [0.2, 0.25) is 0 Å². The summed E-state index contributed by atoms with van der Waals surface area (Å²) in [6.07, 6.45) is 16.8. The van der Waals surface area contributed by atoms with E-state index < -0.39 is 11.9 Å². The Labute approximate surface area is 167 Å². The number of carboxylic acid groups (broad SMARTS) is 2. The molecule has 0 saturated heterocycles. The molecule has 0 aromatic heterocycles. The Morgan fingerprint density at radius 3 is 1.22 bits per heavy atom. The molecule has 5 heteroatoms. The molecule has 0 aromatic carbocycles. The highest BCUT2D eigenvalue weighted by molar-refractivity contribution is 5.66. The summed E-state index contributed by atoms with van der Waals surface area (Å²) in [6.45, 7) is 6.98. The molecule has 0 aliphatic rings. The third kappa shape index (κ3) is 33.0. The van der Waals surface area contributed by atoms with Crippen molar-refractivity contribution < 1.29 is 19.8 Å². The van der Waals surface area contributed by atoms with Gasteiger partial charge in [-0.3, -0.25) is 9.59 Å². The van der Waals surface area contributed by atoms with Gasteiger partial charge < -0.3 is 15.5 Å². The number of carboxylic acids is 2. The maximum absolute atomic E-state index is 10.1. The first-order chi connectivity index (χ1) is 13.0. The predicted octanol–water partition coefficient (Wildman–Crippen LogP) is 6.01. The van der Waals surface area contributed by atoms with Gasteiger partial charge in [0.1, 0.15) is 0 Å². The lowest BCUT2D eigenvalue weighted by Crippen LogP contribution is -2.16. The third-order valence-electron chi connectivity index (χ3n) is 4.45. The average molecular weight is 388 g/mol. The van der Waals surface area contributed by atoms with Gasteiger partial charge in [0, 0.05) is 12.8 Å². The molecule has 0 fully saturated rings. The van der Waals surface area contributed by atoms with Crippen molar-refractivity contribution in [3.8, 4) is 0 Å². The van der Waals surface area contributed by atoms with Crippen LogP contribution in [-0.2, 0) is 9.59 Å². The molecule has 0 atom stereocenters. The minimum atomic E-state index is -0.740. The van der Waals surface area contributed by atoms with Gasteiger partial charge in [-0.05, 0) is 38.8 Å². The lowest BCUT2D eigenvalue weighted by Gasteiger charge is -2.03. The molecule has 0 spiro atoms. The topological polar surface area (TPSA) is 86.6 Å². The molecule has 0 saturated carbocycles. The molecule has 0 aliphatic heterocycles. The van der Waals surface area contributed by atoms with Crippen molar-refractivity contribution >= 4 is 11.9 Å². The Morgan fingerprint density at radius 2 is 0.889 bits per heavy atom. The van der Waals surface area contributed by atoms with E-state index >= 15 is 0 Å². The number of hydrogen-bond donors (Lipinski definition) is 3. The van der Waals surface area contributed by atoms with E-state index in [2.05, 4.69) is 19.2 Å². The molecule has 0 rings (SSSR count). The van der Waals surface area contributed by atoms with Gasteiger partial charge in [0.2, 0.25) is 0 Å². The Balaban J connectivity index is 0. The van der Waals surface area contributed by atoms with Gasteiger partial charge in [0.25, 0.3) is 0 Å². The summed E-state index contributed by atoms with van der Waals surface area (Å²) in [6, 6.07) is 0. The molecular formula is C22H45NO4. The molecular weight excluding hydrogens is 342 g/mol. The molecule has 0 heterocycles. The zero-order valence-corrected chi connectivity index (χ0v) is 17.9. The van der Waals surface area contributed by atoms with Crippen LogP contribution in [0.25, 0.3) is 0 Å². The van der Waals surface area contributed by atoms with Crippen LogP contribution in [0.5, 0.6) is 0 Å². The lowest BCUT2D eigenvalue weighted by atomic mass is 10.1. The van der Waals surface area contributed by atoms with E-state index in [1.807, 2.05) is 0 Å². The Kier molecular flexibility index (Phi) is 25.9. The Bertz CT molecular complexity index is 291. The summed E-state index contributed by atoms with van der Waals surface area (Å²) in [4.78, 5) is 20.3. The van der Waals surface area contributed by atoms with E-state index in [1.54, 1.807) is 0 Å². The van der Waals surface area contributed by atoms with Crippen molar-refractivity contribution in [1.29, 1.82) is 0 Å². The van der Waals surface area contributed by atoms with E-state index in [0.717, 1.165) is 38.5 Å². The van der Waals surface area contributed by atoms with Gasteiger partial charge in [-0.15, -0.1) is 0 Å². The van der Waals surface area contributed by atoms with Crippen LogP contribution in [0.1, 0.15) is 117 Å². The highest BCUT2D eigenvalue weighted by atomic mass is 16.4. The van der Waals surface area contributed by atoms with Crippen molar-refractivity contribution in [2.75, 3.05) is 13.1 Å². The number of carbonyl (C=O) groups is 2.